The lowest BCUT2D eigenvalue weighted by Gasteiger charge is -2.05. The van der Waals surface area contributed by atoms with Crippen LogP contribution in [-0.4, -0.2) is 10.9 Å². The Morgan fingerprint density at radius 3 is 2.62 bits per heavy atom. The summed E-state index contributed by atoms with van der Waals surface area (Å²) in [6, 6.07) is 15.3. The minimum atomic E-state index is -0.457. The number of carbonyl (C=O) groups excluding carboxylic acids is 1. The summed E-state index contributed by atoms with van der Waals surface area (Å²) in [5, 5.41) is 3.13. The second-order valence-electron chi connectivity index (χ2n) is 5.48. The number of rotatable bonds is 3. The van der Waals surface area contributed by atoms with E-state index in [-0.39, 0.29) is 17.6 Å². The van der Waals surface area contributed by atoms with Crippen LogP contribution in [0.5, 0.6) is 0 Å². The predicted molar refractivity (Wildman–Crippen MR) is 100 cm³/mol. The highest BCUT2D eigenvalue weighted by molar-refractivity contribution is 9.10. The number of anilines is 1. The quantitative estimate of drug-likeness (QED) is 0.538. The SMILES string of the molecule is O=C(Nc1ccc(-c2nc3ccc(Br)cc3c(=O)o2)cc1)c1ccco1. The predicted octanol–water partition coefficient (Wildman–Crippen LogP) is 4.46. The Morgan fingerprint density at radius 1 is 1.08 bits per heavy atom. The maximum absolute atomic E-state index is 12.2. The van der Waals surface area contributed by atoms with E-state index in [9.17, 15) is 9.59 Å². The summed E-state index contributed by atoms with van der Waals surface area (Å²) in [7, 11) is 0. The molecule has 0 aliphatic carbocycles. The maximum atomic E-state index is 12.2. The van der Waals surface area contributed by atoms with Crippen LogP contribution in [0.15, 0.2) is 79.0 Å². The van der Waals surface area contributed by atoms with Gasteiger partial charge in [-0.2, -0.15) is 0 Å². The molecule has 0 unspecified atom stereocenters. The van der Waals surface area contributed by atoms with Gasteiger partial charge in [0.2, 0.25) is 5.89 Å². The van der Waals surface area contributed by atoms with Gasteiger partial charge in [0.1, 0.15) is 0 Å². The molecule has 0 radical (unpaired) electrons. The minimum Gasteiger partial charge on any atom is -0.459 e. The van der Waals surface area contributed by atoms with Crippen molar-refractivity contribution in [1.29, 1.82) is 0 Å². The fourth-order valence-corrected chi connectivity index (χ4v) is 2.83. The van der Waals surface area contributed by atoms with Crippen molar-refractivity contribution in [1.82, 2.24) is 4.98 Å². The van der Waals surface area contributed by atoms with Crippen LogP contribution in [0.3, 0.4) is 0 Å². The molecule has 1 amide bonds. The first kappa shape index (κ1) is 16.3. The van der Waals surface area contributed by atoms with Crippen molar-refractivity contribution in [2.75, 3.05) is 5.32 Å². The molecular weight excluding hydrogens is 400 g/mol. The average molecular weight is 411 g/mol. The highest BCUT2D eigenvalue weighted by atomic mass is 79.9. The molecule has 4 aromatic rings. The van der Waals surface area contributed by atoms with E-state index in [1.54, 1.807) is 48.5 Å². The number of furan rings is 1. The third kappa shape index (κ3) is 3.16. The molecule has 1 N–H and O–H groups in total. The minimum absolute atomic E-state index is 0.216. The number of amides is 1. The van der Waals surface area contributed by atoms with E-state index in [4.69, 9.17) is 8.83 Å². The van der Waals surface area contributed by atoms with E-state index < -0.39 is 5.63 Å². The van der Waals surface area contributed by atoms with Crippen molar-refractivity contribution in [2.24, 2.45) is 0 Å². The Kier molecular flexibility index (Phi) is 4.14. The standard InChI is InChI=1S/C19H11BrN2O4/c20-12-5-8-15-14(10-12)19(24)26-18(22-15)11-3-6-13(7-4-11)21-17(23)16-2-1-9-25-16/h1-10H,(H,21,23). The number of hydrogen-bond donors (Lipinski definition) is 1. The second kappa shape index (κ2) is 6.61. The zero-order valence-corrected chi connectivity index (χ0v) is 14.8. The summed E-state index contributed by atoms with van der Waals surface area (Å²) >= 11 is 3.32. The first-order valence-corrected chi connectivity index (χ1v) is 8.45. The maximum Gasteiger partial charge on any atom is 0.347 e. The second-order valence-corrected chi connectivity index (χ2v) is 6.39. The van der Waals surface area contributed by atoms with Gasteiger partial charge in [-0.15, -0.1) is 0 Å². The van der Waals surface area contributed by atoms with Gasteiger partial charge in [0.15, 0.2) is 5.76 Å². The highest BCUT2D eigenvalue weighted by Crippen LogP contribution is 2.22. The highest BCUT2D eigenvalue weighted by Gasteiger charge is 2.11. The van der Waals surface area contributed by atoms with Gasteiger partial charge in [0.05, 0.1) is 17.2 Å². The van der Waals surface area contributed by atoms with Gasteiger partial charge in [-0.1, -0.05) is 15.9 Å². The molecule has 26 heavy (non-hydrogen) atoms. The Bertz CT molecular complexity index is 1150. The summed E-state index contributed by atoms with van der Waals surface area (Å²) < 4.78 is 11.2. The molecule has 2 aromatic heterocycles. The molecular formula is C19H11BrN2O4. The number of aromatic nitrogens is 1. The molecule has 0 aliphatic rings. The number of halogens is 1. The number of nitrogens with one attached hydrogen (secondary N) is 1. The van der Waals surface area contributed by atoms with Crippen molar-refractivity contribution >= 4 is 38.4 Å². The smallest absolute Gasteiger partial charge is 0.347 e. The van der Waals surface area contributed by atoms with Gasteiger partial charge >= 0.3 is 5.63 Å². The fraction of sp³-hybridized carbons (Fsp3) is 0. The van der Waals surface area contributed by atoms with Crippen LogP contribution in [0.4, 0.5) is 5.69 Å². The van der Waals surface area contributed by atoms with Gasteiger partial charge in [-0.3, -0.25) is 4.79 Å². The zero-order valence-electron chi connectivity index (χ0n) is 13.2. The van der Waals surface area contributed by atoms with Crippen LogP contribution in [-0.2, 0) is 0 Å². The van der Waals surface area contributed by atoms with Crippen LogP contribution in [0.25, 0.3) is 22.4 Å². The van der Waals surface area contributed by atoms with E-state index in [0.29, 0.717) is 22.2 Å². The lowest BCUT2D eigenvalue weighted by Crippen LogP contribution is -2.10. The molecule has 0 atom stereocenters. The number of carbonyl (C=O) groups is 1. The van der Waals surface area contributed by atoms with Crippen molar-refractivity contribution in [3.8, 4) is 11.5 Å². The Morgan fingerprint density at radius 2 is 1.88 bits per heavy atom. The molecule has 4 rings (SSSR count). The molecule has 128 valence electrons. The van der Waals surface area contributed by atoms with Crippen LogP contribution in [0.2, 0.25) is 0 Å². The van der Waals surface area contributed by atoms with Crippen molar-refractivity contribution in [2.45, 2.75) is 0 Å². The van der Waals surface area contributed by atoms with Crippen LogP contribution in [0.1, 0.15) is 10.6 Å². The Hall–Kier alpha value is -3.19. The van der Waals surface area contributed by atoms with Gasteiger partial charge in [-0.25, -0.2) is 9.78 Å². The zero-order chi connectivity index (χ0) is 18.1. The number of benzene rings is 2. The summed E-state index contributed by atoms with van der Waals surface area (Å²) in [6.07, 6.45) is 1.43. The fourth-order valence-electron chi connectivity index (χ4n) is 2.46. The van der Waals surface area contributed by atoms with Gasteiger partial charge in [-0.05, 0) is 54.6 Å². The molecule has 0 saturated carbocycles. The van der Waals surface area contributed by atoms with E-state index >= 15 is 0 Å². The molecule has 0 fully saturated rings. The third-order valence-corrected chi connectivity index (χ3v) is 4.22. The molecule has 0 saturated heterocycles. The number of nitrogens with zero attached hydrogens (tertiary/aromatic N) is 1. The van der Waals surface area contributed by atoms with E-state index in [2.05, 4.69) is 26.2 Å². The summed E-state index contributed by atoms with van der Waals surface area (Å²) in [6.45, 7) is 0. The molecule has 2 heterocycles. The van der Waals surface area contributed by atoms with Crippen molar-refractivity contribution in [3.63, 3.8) is 0 Å². The van der Waals surface area contributed by atoms with Crippen LogP contribution < -0.4 is 10.9 Å². The van der Waals surface area contributed by atoms with Crippen molar-refractivity contribution in [3.05, 3.63) is 81.5 Å². The van der Waals surface area contributed by atoms with Gasteiger partial charge in [0.25, 0.3) is 5.91 Å². The van der Waals surface area contributed by atoms with Crippen molar-refractivity contribution < 1.29 is 13.6 Å². The topological polar surface area (TPSA) is 85.3 Å². The molecule has 6 nitrogen and oxygen atoms in total. The van der Waals surface area contributed by atoms with E-state index in [1.807, 2.05) is 6.07 Å². The normalized spacial score (nSPS) is 10.8. The first-order valence-electron chi connectivity index (χ1n) is 7.66. The molecule has 0 bridgehead atoms. The Labute approximate surface area is 155 Å². The molecule has 0 spiro atoms. The largest absolute Gasteiger partial charge is 0.459 e. The third-order valence-electron chi connectivity index (χ3n) is 3.72. The first-order chi connectivity index (χ1) is 12.6. The average Bonchev–Trinajstić information content (AvgIpc) is 3.18. The van der Waals surface area contributed by atoms with Crippen LogP contribution >= 0.6 is 15.9 Å². The molecule has 0 aliphatic heterocycles. The van der Waals surface area contributed by atoms with Crippen LogP contribution in [0, 0.1) is 0 Å². The van der Waals surface area contributed by atoms with E-state index in [1.165, 1.54) is 6.26 Å². The number of hydrogen-bond acceptors (Lipinski definition) is 5. The number of fused-ring (bicyclic) bond motifs is 1. The summed E-state index contributed by atoms with van der Waals surface area (Å²) in [5.41, 5.74) is 1.31. The van der Waals surface area contributed by atoms with Gasteiger partial charge in [0, 0.05) is 15.7 Å². The summed E-state index contributed by atoms with van der Waals surface area (Å²) in [5.74, 6) is 0.0971. The lowest BCUT2D eigenvalue weighted by atomic mass is 10.2. The summed E-state index contributed by atoms with van der Waals surface area (Å²) in [4.78, 5) is 28.5. The van der Waals surface area contributed by atoms with E-state index in [0.717, 1.165) is 4.47 Å². The Balaban J connectivity index is 1.62. The molecule has 7 heteroatoms. The lowest BCUT2D eigenvalue weighted by molar-refractivity contribution is 0.0996. The monoisotopic (exact) mass is 410 g/mol. The molecule has 2 aromatic carbocycles. The van der Waals surface area contributed by atoms with Gasteiger partial charge < -0.3 is 14.2 Å².